The number of hydrogen-bond donors (Lipinski definition) is 1. The number of furan rings is 1. The van der Waals surface area contributed by atoms with Crippen molar-refractivity contribution in [3.05, 3.63) is 57.5 Å². The van der Waals surface area contributed by atoms with E-state index in [1.807, 2.05) is 0 Å². The summed E-state index contributed by atoms with van der Waals surface area (Å²) < 4.78 is 10.2. The van der Waals surface area contributed by atoms with Crippen LogP contribution in [0.4, 0.5) is 5.88 Å². The van der Waals surface area contributed by atoms with Crippen molar-refractivity contribution in [2.24, 2.45) is 0 Å². The monoisotopic (exact) mass is 273 g/mol. The number of fused-ring (bicyclic) bond motifs is 1. The van der Waals surface area contributed by atoms with Crippen molar-refractivity contribution < 1.29 is 24.0 Å². The Morgan fingerprint density at radius 2 is 2.05 bits per heavy atom. The minimum absolute atomic E-state index is 0.0187. The highest BCUT2D eigenvalue weighted by molar-refractivity contribution is 6.14. The Morgan fingerprint density at radius 3 is 2.75 bits per heavy atom. The van der Waals surface area contributed by atoms with Crippen LogP contribution in [0, 0.1) is 10.1 Å². The molecule has 100 valence electrons. The number of rotatable bonds is 2. The maximum Gasteiger partial charge on any atom is 0.433 e. The average molecular weight is 273 g/mol. The van der Waals surface area contributed by atoms with E-state index in [0.29, 0.717) is 5.56 Å². The highest BCUT2D eigenvalue weighted by Crippen LogP contribution is 2.34. The fourth-order valence-corrected chi connectivity index (χ4v) is 1.82. The molecule has 1 aromatic heterocycles. The number of aromatic hydroxyl groups is 1. The molecule has 0 radical (unpaired) electrons. The number of phenolic OH excluding ortho intramolecular Hbond substituents is 1. The molecule has 0 unspecified atom stereocenters. The van der Waals surface area contributed by atoms with Crippen LogP contribution < -0.4 is 4.74 Å². The highest BCUT2D eigenvalue weighted by Gasteiger charge is 2.28. The summed E-state index contributed by atoms with van der Waals surface area (Å²) in [6.45, 7) is 0. The largest absolute Gasteiger partial charge is 0.508 e. The third-order valence-corrected chi connectivity index (χ3v) is 2.72. The first kappa shape index (κ1) is 12.0. The summed E-state index contributed by atoms with van der Waals surface area (Å²) in [6, 6.07) is 6.69. The molecular weight excluding hydrogens is 266 g/mol. The first-order chi connectivity index (χ1) is 9.54. The van der Waals surface area contributed by atoms with Crippen molar-refractivity contribution in [2.45, 2.75) is 0 Å². The molecule has 1 aliphatic heterocycles. The predicted molar refractivity (Wildman–Crippen MR) is 66.4 cm³/mol. The van der Waals surface area contributed by atoms with Crippen molar-refractivity contribution in [3.63, 3.8) is 0 Å². The normalized spacial score (nSPS) is 15.2. The zero-order chi connectivity index (χ0) is 14.3. The van der Waals surface area contributed by atoms with Crippen molar-refractivity contribution in [3.8, 4) is 11.5 Å². The summed E-state index contributed by atoms with van der Waals surface area (Å²) >= 11 is 0. The zero-order valence-electron chi connectivity index (χ0n) is 9.90. The van der Waals surface area contributed by atoms with Gasteiger partial charge in [0.25, 0.3) is 0 Å². The Hall–Kier alpha value is -3.09. The fourth-order valence-electron chi connectivity index (χ4n) is 1.82. The third kappa shape index (κ3) is 1.91. The van der Waals surface area contributed by atoms with Gasteiger partial charge in [0.15, 0.2) is 5.76 Å². The molecule has 1 N–H and O–H groups in total. The van der Waals surface area contributed by atoms with Gasteiger partial charge in [0, 0.05) is 12.1 Å². The van der Waals surface area contributed by atoms with Crippen molar-refractivity contribution >= 4 is 17.7 Å². The van der Waals surface area contributed by atoms with E-state index in [2.05, 4.69) is 0 Å². The van der Waals surface area contributed by atoms with E-state index in [-0.39, 0.29) is 28.8 Å². The van der Waals surface area contributed by atoms with E-state index in [1.165, 1.54) is 36.4 Å². The number of nitro groups is 1. The minimum atomic E-state index is -0.674. The quantitative estimate of drug-likeness (QED) is 0.512. The van der Waals surface area contributed by atoms with Crippen LogP contribution in [0.2, 0.25) is 0 Å². The minimum Gasteiger partial charge on any atom is -0.508 e. The van der Waals surface area contributed by atoms with Crippen molar-refractivity contribution in [1.82, 2.24) is 0 Å². The number of phenols is 1. The summed E-state index contributed by atoms with van der Waals surface area (Å²) in [5.74, 6) is -0.461. The summed E-state index contributed by atoms with van der Waals surface area (Å²) in [5, 5.41) is 19.8. The molecule has 1 aromatic carbocycles. The maximum absolute atomic E-state index is 12.0. The van der Waals surface area contributed by atoms with Gasteiger partial charge in [0.05, 0.1) is 11.6 Å². The number of allylic oxidation sites excluding steroid dienone is 1. The number of ether oxygens (including phenoxy) is 1. The topological polar surface area (TPSA) is 103 Å². The fraction of sp³-hybridized carbons (Fsp3) is 0. The zero-order valence-corrected chi connectivity index (χ0v) is 9.90. The van der Waals surface area contributed by atoms with Crippen LogP contribution in [-0.2, 0) is 0 Å². The molecule has 0 fully saturated rings. The van der Waals surface area contributed by atoms with Gasteiger partial charge in [-0.05, 0) is 18.2 Å². The second kappa shape index (κ2) is 4.23. The lowest BCUT2D eigenvalue weighted by Gasteiger charge is -1.97. The van der Waals surface area contributed by atoms with E-state index < -0.39 is 10.8 Å². The van der Waals surface area contributed by atoms with Gasteiger partial charge in [-0.3, -0.25) is 14.9 Å². The maximum atomic E-state index is 12.0. The van der Waals surface area contributed by atoms with Gasteiger partial charge < -0.3 is 14.3 Å². The number of nitrogens with zero attached hydrogens (tertiary/aromatic N) is 1. The van der Waals surface area contributed by atoms with E-state index in [9.17, 15) is 20.0 Å². The summed E-state index contributed by atoms with van der Waals surface area (Å²) in [6.07, 6.45) is 1.27. The van der Waals surface area contributed by atoms with Crippen LogP contribution in [0.15, 0.2) is 40.5 Å². The van der Waals surface area contributed by atoms with Crippen molar-refractivity contribution in [1.29, 1.82) is 0 Å². The molecule has 0 spiro atoms. The Morgan fingerprint density at radius 1 is 1.25 bits per heavy atom. The summed E-state index contributed by atoms with van der Waals surface area (Å²) in [7, 11) is 0. The van der Waals surface area contributed by atoms with Gasteiger partial charge in [-0.25, -0.2) is 0 Å². The standard InChI is InChI=1S/C13H7NO6/c15-7-1-3-9-10(5-7)20-11(13(9)16)6-8-2-4-12(19-8)14(17)18/h1-6,15H. The number of Topliss-reactive ketones (excluding diaryl/α,β-unsaturated/α-hetero) is 1. The molecule has 0 atom stereocenters. The lowest BCUT2D eigenvalue weighted by Crippen LogP contribution is -1.97. The first-order valence-electron chi connectivity index (χ1n) is 5.56. The van der Waals surface area contributed by atoms with Crippen molar-refractivity contribution in [2.75, 3.05) is 0 Å². The number of carbonyl (C=O) groups excluding carboxylic acids is 1. The van der Waals surface area contributed by atoms with Gasteiger partial charge in [0.1, 0.15) is 22.2 Å². The summed E-state index contributed by atoms with van der Waals surface area (Å²) in [4.78, 5) is 21.8. The SMILES string of the molecule is O=C1C(=Cc2ccc([N+](=O)[O-])o2)Oc2cc(O)ccc21. The predicted octanol–water partition coefficient (Wildman–Crippen LogP) is 2.51. The number of hydrogen-bond acceptors (Lipinski definition) is 6. The van der Waals surface area contributed by atoms with Gasteiger partial charge in [-0.2, -0.15) is 0 Å². The molecule has 7 heteroatoms. The van der Waals surface area contributed by atoms with Crippen LogP contribution in [0.3, 0.4) is 0 Å². The number of ketones is 1. The van der Waals surface area contributed by atoms with Gasteiger partial charge in [-0.1, -0.05) is 0 Å². The molecule has 0 saturated heterocycles. The molecule has 7 nitrogen and oxygen atoms in total. The lowest BCUT2D eigenvalue weighted by atomic mass is 10.1. The molecular formula is C13H7NO6. The van der Waals surface area contributed by atoms with Crippen LogP contribution >= 0.6 is 0 Å². The Balaban J connectivity index is 1.94. The lowest BCUT2D eigenvalue weighted by molar-refractivity contribution is -0.402. The molecule has 20 heavy (non-hydrogen) atoms. The summed E-state index contributed by atoms with van der Waals surface area (Å²) in [5.41, 5.74) is 0.315. The second-order valence-electron chi connectivity index (χ2n) is 4.05. The smallest absolute Gasteiger partial charge is 0.433 e. The van der Waals surface area contributed by atoms with E-state index in [0.717, 1.165) is 0 Å². The number of benzene rings is 1. The molecule has 2 aromatic rings. The van der Waals surface area contributed by atoms with Gasteiger partial charge in [0.2, 0.25) is 5.78 Å². The molecule has 0 aliphatic carbocycles. The molecule has 1 aliphatic rings. The van der Waals surface area contributed by atoms with Crippen LogP contribution in [0.25, 0.3) is 6.08 Å². The number of carbonyl (C=O) groups is 1. The molecule has 0 saturated carbocycles. The molecule has 0 bridgehead atoms. The van der Waals surface area contributed by atoms with E-state index >= 15 is 0 Å². The Bertz CT molecular complexity index is 758. The van der Waals surface area contributed by atoms with Gasteiger partial charge >= 0.3 is 5.88 Å². The van der Waals surface area contributed by atoms with Crippen LogP contribution in [-0.4, -0.2) is 15.8 Å². The van der Waals surface area contributed by atoms with E-state index in [1.54, 1.807) is 0 Å². The first-order valence-corrected chi connectivity index (χ1v) is 5.56. The third-order valence-electron chi connectivity index (χ3n) is 2.72. The van der Waals surface area contributed by atoms with Crippen LogP contribution in [0.1, 0.15) is 16.1 Å². The molecule has 2 heterocycles. The average Bonchev–Trinajstić information content (AvgIpc) is 2.96. The Labute approximate surface area is 111 Å². The molecule has 0 amide bonds. The van der Waals surface area contributed by atoms with Gasteiger partial charge in [-0.15, -0.1) is 0 Å². The van der Waals surface area contributed by atoms with Crippen LogP contribution in [0.5, 0.6) is 11.5 Å². The highest BCUT2D eigenvalue weighted by atomic mass is 16.6. The van der Waals surface area contributed by atoms with E-state index in [4.69, 9.17) is 9.15 Å². The second-order valence-corrected chi connectivity index (χ2v) is 4.05. The Kier molecular flexibility index (Phi) is 2.53. The molecule has 3 rings (SSSR count).